The molecule has 2 aromatic rings. The quantitative estimate of drug-likeness (QED) is 0.831. The number of rotatable bonds is 4. The highest BCUT2D eigenvalue weighted by atomic mass is 35.5. The zero-order valence-corrected chi connectivity index (χ0v) is 14.3. The average Bonchev–Trinajstić information content (AvgIpc) is 2.51. The predicted octanol–water partition coefficient (Wildman–Crippen LogP) is 3.07. The third kappa shape index (κ3) is 3.83. The first-order valence-electron chi connectivity index (χ1n) is 7.32. The monoisotopic (exact) mass is 348 g/mol. The van der Waals surface area contributed by atoms with Gasteiger partial charge >= 0.3 is 5.97 Å². The molecule has 24 heavy (non-hydrogen) atoms. The number of amides is 1. The number of pyridine rings is 1. The standard InChI is InChI=1S/C17H17ClN2O4/c1-4-24-17(23)12-8-13(15(21)19-10(12)3)16(22)20-11-6-5-9(2)14(18)7-11/h5-8H,4H2,1-3H3,(H,19,21)(H,20,22). The maximum Gasteiger partial charge on any atom is 0.339 e. The third-order valence-electron chi connectivity index (χ3n) is 3.41. The molecular formula is C17H17ClN2O4. The first-order chi connectivity index (χ1) is 11.3. The van der Waals surface area contributed by atoms with Crippen molar-refractivity contribution in [1.82, 2.24) is 4.98 Å². The van der Waals surface area contributed by atoms with Gasteiger partial charge in [0.1, 0.15) is 5.56 Å². The lowest BCUT2D eigenvalue weighted by molar-refractivity contribution is 0.0525. The molecule has 1 aromatic heterocycles. The van der Waals surface area contributed by atoms with Gasteiger partial charge in [-0.25, -0.2) is 4.79 Å². The van der Waals surface area contributed by atoms with E-state index < -0.39 is 17.4 Å². The molecule has 0 saturated carbocycles. The molecule has 1 amide bonds. The Morgan fingerprint density at radius 3 is 2.54 bits per heavy atom. The van der Waals surface area contributed by atoms with Gasteiger partial charge in [0.15, 0.2) is 0 Å². The minimum atomic E-state index is -0.637. The number of nitrogens with one attached hydrogen (secondary N) is 2. The van der Waals surface area contributed by atoms with E-state index in [1.165, 1.54) is 6.07 Å². The lowest BCUT2D eigenvalue weighted by Gasteiger charge is -2.09. The van der Waals surface area contributed by atoms with Crippen LogP contribution >= 0.6 is 11.6 Å². The van der Waals surface area contributed by atoms with Crippen LogP contribution in [-0.2, 0) is 4.74 Å². The van der Waals surface area contributed by atoms with Crippen LogP contribution in [0, 0.1) is 13.8 Å². The number of carbonyl (C=O) groups excluding carboxylic acids is 2. The molecule has 2 rings (SSSR count). The molecule has 0 bridgehead atoms. The topological polar surface area (TPSA) is 88.3 Å². The summed E-state index contributed by atoms with van der Waals surface area (Å²) in [7, 11) is 0. The van der Waals surface area contributed by atoms with Crippen molar-refractivity contribution in [1.29, 1.82) is 0 Å². The molecule has 1 heterocycles. The summed E-state index contributed by atoms with van der Waals surface area (Å²) in [6, 6.07) is 6.25. The average molecular weight is 349 g/mol. The number of H-pyrrole nitrogens is 1. The van der Waals surface area contributed by atoms with Crippen molar-refractivity contribution in [3.05, 3.63) is 62.0 Å². The van der Waals surface area contributed by atoms with Gasteiger partial charge in [0.2, 0.25) is 0 Å². The minimum absolute atomic E-state index is 0.142. The number of halogens is 1. The van der Waals surface area contributed by atoms with Crippen LogP contribution in [0.5, 0.6) is 0 Å². The van der Waals surface area contributed by atoms with Crippen molar-refractivity contribution in [2.45, 2.75) is 20.8 Å². The number of hydrogen-bond acceptors (Lipinski definition) is 4. The molecule has 6 nitrogen and oxygen atoms in total. The SMILES string of the molecule is CCOC(=O)c1cc(C(=O)Nc2ccc(C)c(Cl)c2)c(=O)[nH]c1C. The second-order valence-corrected chi connectivity index (χ2v) is 5.60. The number of ether oxygens (including phenoxy) is 1. The summed E-state index contributed by atoms with van der Waals surface area (Å²) in [6.07, 6.45) is 0. The van der Waals surface area contributed by atoms with Crippen LogP contribution in [0.2, 0.25) is 5.02 Å². The Morgan fingerprint density at radius 1 is 1.21 bits per heavy atom. The number of benzene rings is 1. The van der Waals surface area contributed by atoms with Crippen molar-refractivity contribution in [2.75, 3.05) is 11.9 Å². The third-order valence-corrected chi connectivity index (χ3v) is 3.82. The minimum Gasteiger partial charge on any atom is -0.462 e. The van der Waals surface area contributed by atoms with Crippen molar-refractivity contribution < 1.29 is 14.3 Å². The number of anilines is 1. The van der Waals surface area contributed by atoms with Gasteiger partial charge in [-0.15, -0.1) is 0 Å². The molecule has 0 fully saturated rings. The summed E-state index contributed by atoms with van der Waals surface area (Å²) in [6.45, 7) is 5.27. The van der Waals surface area contributed by atoms with Crippen LogP contribution in [0.1, 0.15) is 38.9 Å². The predicted molar refractivity (Wildman–Crippen MR) is 91.9 cm³/mol. The second-order valence-electron chi connectivity index (χ2n) is 5.19. The van der Waals surface area contributed by atoms with Gasteiger partial charge in [-0.2, -0.15) is 0 Å². The van der Waals surface area contributed by atoms with E-state index in [1.54, 1.807) is 32.0 Å². The van der Waals surface area contributed by atoms with Gasteiger partial charge in [-0.3, -0.25) is 9.59 Å². The summed E-state index contributed by atoms with van der Waals surface area (Å²) < 4.78 is 4.92. The smallest absolute Gasteiger partial charge is 0.339 e. The van der Waals surface area contributed by atoms with E-state index in [-0.39, 0.29) is 17.7 Å². The molecule has 7 heteroatoms. The lowest BCUT2D eigenvalue weighted by atomic mass is 10.1. The molecule has 0 aliphatic rings. The molecule has 0 aliphatic carbocycles. The molecule has 1 aromatic carbocycles. The number of aryl methyl sites for hydroxylation is 2. The van der Waals surface area contributed by atoms with Crippen molar-refractivity contribution >= 4 is 29.2 Å². The summed E-state index contributed by atoms with van der Waals surface area (Å²) in [4.78, 5) is 38.8. The van der Waals surface area contributed by atoms with E-state index in [9.17, 15) is 14.4 Å². The van der Waals surface area contributed by atoms with Crippen LogP contribution in [0.4, 0.5) is 5.69 Å². The van der Waals surface area contributed by atoms with Crippen LogP contribution in [0.15, 0.2) is 29.1 Å². The van der Waals surface area contributed by atoms with E-state index in [0.29, 0.717) is 16.4 Å². The molecule has 0 aliphatic heterocycles. The molecule has 0 unspecified atom stereocenters. The Labute approximate surface area is 143 Å². The highest BCUT2D eigenvalue weighted by Crippen LogP contribution is 2.20. The van der Waals surface area contributed by atoms with Gasteiger partial charge < -0.3 is 15.0 Å². The van der Waals surface area contributed by atoms with E-state index >= 15 is 0 Å². The molecule has 0 atom stereocenters. The van der Waals surface area contributed by atoms with Crippen LogP contribution < -0.4 is 10.9 Å². The largest absolute Gasteiger partial charge is 0.462 e. The van der Waals surface area contributed by atoms with Gasteiger partial charge in [-0.1, -0.05) is 17.7 Å². The van der Waals surface area contributed by atoms with E-state index in [1.807, 2.05) is 6.92 Å². The number of hydrogen-bond donors (Lipinski definition) is 2. The molecule has 126 valence electrons. The molecular weight excluding hydrogens is 332 g/mol. The summed E-state index contributed by atoms with van der Waals surface area (Å²) in [5.74, 6) is -1.24. The Bertz CT molecular complexity index is 858. The van der Waals surface area contributed by atoms with Gasteiger partial charge in [0.05, 0.1) is 12.2 Å². The van der Waals surface area contributed by atoms with Crippen molar-refractivity contribution in [2.24, 2.45) is 0 Å². The Kier molecular flexibility index (Phi) is 5.41. The van der Waals surface area contributed by atoms with Crippen LogP contribution in [0.3, 0.4) is 0 Å². The van der Waals surface area contributed by atoms with E-state index in [4.69, 9.17) is 16.3 Å². The van der Waals surface area contributed by atoms with Gasteiger partial charge in [0.25, 0.3) is 11.5 Å². The van der Waals surface area contributed by atoms with Crippen molar-refractivity contribution in [3.63, 3.8) is 0 Å². The summed E-state index contributed by atoms with van der Waals surface area (Å²) in [5.41, 5.74) is 1.04. The molecule has 0 saturated heterocycles. The number of aromatic amines is 1. The Balaban J connectivity index is 2.34. The Morgan fingerprint density at radius 2 is 1.92 bits per heavy atom. The van der Waals surface area contributed by atoms with Crippen LogP contribution in [-0.4, -0.2) is 23.5 Å². The highest BCUT2D eigenvalue weighted by Gasteiger charge is 2.18. The fraction of sp³-hybridized carbons (Fsp3) is 0.235. The first-order valence-corrected chi connectivity index (χ1v) is 7.69. The molecule has 0 radical (unpaired) electrons. The molecule has 2 N–H and O–H groups in total. The Hall–Kier alpha value is -2.60. The number of carbonyl (C=O) groups is 2. The molecule has 0 spiro atoms. The van der Waals surface area contributed by atoms with Gasteiger partial charge in [-0.05, 0) is 44.5 Å². The van der Waals surface area contributed by atoms with Crippen molar-refractivity contribution in [3.8, 4) is 0 Å². The van der Waals surface area contributed by atoms with E-state index in [0.717, 1.165) is 5.56 Å². The second kappa shape index (κ2) is 7.31. The zero-order chi connectivity index (χ0) is 17.9. The first kappa shape index (κ1) is 17.7. The lowest BCUT2D eigenvalue weighted by Crippen LogP contribution is -2.25. The number of aromatic nitrogens is 1. The summed E-state index contributed by atoms with van der Waals surface area (Å²) in [5, 5.41) is 3.09. The maximum absolute atomic E-state index is 12.3. The fourth-order valence-corrected chi connectivity index (χ4v) is 2.26. The summed E-state index contributed by atoms with van der Waals surface area (Å²) >= 11 is 6.02. The maximum atomic E-state index is 12.3. The van der Waals surface area contributed by atoms with Crippen LogP contribution in [0.25, 0.3) is 0 Å². The highest BCUT2D eigenvalue weighted by molar-refractivity contribution is 6.31. The normalized spacial score (nSPS) is 10.3. The fourth-order valence-electron chi connectivity index (χ4n) is 2.08. The number of esters is 1. The van der Waals surface area contributed by atoms with Gasteiger partial charge in [0, 0.05) is 16.4 Å². The zero-order valence-electron chi connectivity index (χ0n) is 13.5. The van der Waals surface area contributed by atoms with E-state index in [2.05, 4.69) is 10.3 Å².